The molecular weight excluding hydrogens is 308 g/mol. The highest BCUT2D eigenvalue weighted by Gasteiger charge is 2.27. The van der Waals surface area contributed by atoms with Crippen molar-refractivity contribution in [3.8, 4) is 11.5 Å². The molecule has 124 valence electrons. The van der Waals surface area contributed by atoms with Gasteiger partial charge in [0.05, 0.1) is 11.0 Å². The highest BCUT2D eigenvalue weighted by molar-refractivity contribution is 5.99. The van der Waals surface area contributed by atoms with E-state index in [-0.39, 0.29) is 36.5 Å². The standard InChI is InChI=1S/C14H16N2O7/c1-8(2-3-13(17)18)15-14(19)9-6-11-12(23-5-4-22-11)7-10(9)16(20)21/h6-8H,2-5H2,1H3,(H,15,19)(H,17,18). The van der Waals surface area contributed by atoms with Crippen LogP contribution < -0.4 is 14.8 Å². The summed E-state index contributed by atoms with van der Waals surface area (Å²) in [5.41, 5.74) is -0.543. The monoisotopic (exact) mass is 324 g/mol. The lowest BCUT2D eigenvalue weighted by molar-refractivity contribution is -0.385. The third-order valence-electron chi connectivity index (χ3n) is 3.27. The number of carbonyl (C=O) groups excluding carboxylic acids is 1. The van der Waals surface area contributed by atoms with Crippen molar-refractivity contribution in [1.82, 2.24) is 5.32 Å². The maximum atomic E-state index is 12.3. The number of nitrogens with one attached hydrogen (secondary N) is 1. The lowest BCUT2D eigenvalue weighted by Gasteiger charge is -2.19. The Hall–Kier alpha value is -2.84. The molecule has 23 heavy (non-hydrogen) atoms. The quantitative estimate of drug-likeness (QED) is 0.597. The Balaban J connectivity index is 2.21. The first-order valence-electron chi connectivity index (χ1n) is 6.99. The number of carboxylic acid groups (broad SMARTS) is 1. The first-order chi connectivity index (χ1) is 10.9. The molecule has 1 aromatic carbocycles. The van der Waals surface area contributed by atoms with Crippen LogP contribution in [0.1, 0.15) is 30.1 Å². The number of benzene rings is 1. The van der Waals surface area contributed by atoms with Crippen molar-refractivity contribution in [2.75, 3.05) is 13.2 Å². The summed E-state index contributed by atoms with van der Waals surface area (Å²) < 4.78 is 10.6. The summed E-state index contributed by atoms with van der Waals surface area (Å²) in [5, 5.41) is 22.3. The summed E-state index contributed by atoms with van der Waals surface area (Å²) in [5.74, 6) is -1.15. The molecule has 1 aliphatic heterocycles. The van der Waals surface area contributed by atoms with E-state index in [9.17, 15) is 19.7 Å². The van der Waals surface area contributed by atoms with Crippen LogP contribution in [0.3, 0.4) is 0 Å². The van der Waals surface area contributed by atoms with Crippen molar-refractivity contribution in [3.05, 3.63) is 27.8 Å². The summed E-state index contributed by atoms with van der Waals surface area (Å²) in [7, 11) is 0. The highest BCUT2D eigenvalue weighted by atomic mass is 16.6. The smallest absolute Gasteiger partial charge is 0.303 e. The molecule has 0 aromatic heterocycles. The molecule has 1 heterocycles. The van der Waals surface area contributed by atoms with E-state index < -0.39 is 28.5 Å². The van der Waals surface area contributed by atoms with Crippen LogP contribution in [-0.4, -0.2) is 41.2 Å². The second-order valence-electron chi connectivity index (χ2n) is 5.08. The molecule has 0 saturated heterocycles. The van der Waals surface area contributed by atoms with Gasteiger partial charge >= 0.3 is 5.97 Å². The van der Waals surface area contributed by atoms with E-state index in [0.717, 1.165) is 6.07 Å². The molecular formula is C14H16N2O7. The average Bonchev–Trinajstić information content (AvgIpc) is 2.51. The number of nitro groups is 1. The Kier molecular flexibility index (Phi) is 4.99. The van der Waals surface area contributed by atoms with Crippen LogP contribution in [0.2, 0.25) is 0 Å². The van der Waals surface area contributed by atoms with Gasteiger partial charge < -0.3 is 19.9 Å². The topological polar surface area (TPSA) is 128 Å². The number of amides is 1. The zero-order chi connectivity index (χ0) is 17.0. The van der Waals surface area contributed by atoms with Crippen LogP contribution in [0.5, 0.6) is 11.5 Å². The van der Waals surface area contributed by atoms with Gasteiger partial charge in [-0.2, -0.15) is 0 Å². The predicted octanol–water partition coefficient (Wildman–Crippen LogP) is 1.35. The lowest BCUT2D eigenvalue weighted by Crippen LogP contribution is -2.33. The molecule has 2 rings (SSSR count). The number of carboxylic acids is 1. The highest BCUT2D eigenvalue weighted by Crippen LogP contribution is 2.36. The Labute approximate surface area is 131 Å². The van der Waals surface area contributed by atoms with Gasteiger partial charge in [0.2, 0.25) is 0 Å². The van der Waals surface area contributed by atoms with Gasteiger partial charge in [0.1, 0.15) is 18.8 Å². The minimum atomic E-state index is -0.976. The molecule has 1 atom stereocenters. The molecule has 0 spiro atoms. The van der Waals surface area contributed by atoms with E-state index in [4.69, 9.17) is 14.6 Å². The van der Waals surface area contributed by atoms with Gasteiger partial charge in [-0.25, -0.2) is 0 Å². The SMILES string of the molecule is CC(CCC(=O)O)NC(=O)c1cc2c(cc1[N+](=O)[O-])OCCO2. The van der Waals surface area contributed by atoms with Crippen LogP contribution >= 0.6 is 0 Å². The molecule has 9 nitrogen and oxygen atoms in total. The maximum absolute atomic E-state index is 12.3. The van der Waals surface area contributed by atoms with E-state index in [1.807, 2.05) is 0 Å². The van der Waals surface area contributed by atoms with Crippen LogP contribution in [-0.2, 0) is 4.79 Å². The van der Waals surface area contributed by atoms with Crippen molar-refractivity contribution in [3.63, 3.8) is 0 Å². The molecule has 1 unspecified atom stereocenters. The fourth-order valence-corrected chi connectivity index (χ4v) is 2.12. The fraction of sp³-hybridized carbons (Fsp3) is 0.429. The molecule has 0 bridgehead atoms. The Morgan fingerprint density at radius 1 is 1.35 bits per heavy atom. The van der Waals surface area contributed by atoms with E-state index in [2.05, 4.69) is 5.32 Å². The zero-order valence-electron chi connectivity index (χ0n) is 12.4. The van der Waals surface area contributed by atoms with Gasteiger partial charge in [0.25, 0.3) is 11.6 Å². The molecule has 0 saturated carbocycles. The Bertz CT molecular complexity index is 644. The van der Waals surface area contributed by atoms with Crippen LogP contribution in [0, 0.1) is 10.1 Å². The van der Waals surface area contributed by atoms with Crippen molar-refractivity contribution >= 4 is 17.6 Å². The predicted molar refractivity (Wildman–Crippen MR) is 77.9 cm³/mol. The summed E-state index contributed by atoms with van der Waals surface area (Å²) >= 11 is 0. The molecule has 0 fully saturated rings. The fourth-order valence-electron chi connectivity index (χ4n) is 2.12. The molecule has 1 aromatic rings. The zero-order valence-corrected chi connectivity index (χ0v) is 12.4. The second kappa shape index (κ2) is 6.95. The van der Waals surface area contributed by atoms with Gasteiger partial charge in [-0.1, -0.05) is 0 Å². The first-order valence-corrected chi connectivity index (χ1v) is 6.99. The van der Waals surface area contributed by atoms with Crippen LogP contribution in [0.4, 0.5) is 5.69 Å². The van der Waals surface area contributed by atoms with Crippen LogP contribution in [0.15, 0.2) is 12.1 Å². The second-order valence-corrected chi connectivity index (χ2v) is 5.08. The van der Waals surface area contributed by atoms with Gasteiger partial charge in [-0.15, -0.1) is 0 Å². The number of carbonyl (C=O) groups is 2. The Morgan fingerprint density at radius 2 is 1.96 bits per heavy atom. The number of nitrogens with zero attached hydrogens (tertiary/aromatic N) is 1. The summed E-state index contributed by atoms with van der Waals surface area (Å²) in [6.45, 7) is 2.20. The number of aliphatic carboxylic acids is 1. The summed E-state index contributed by atoms with van der Waals surface area (Å²) in [6.07, 6.45) is 0.115. The third-order valence-corrected chi connectivity index (χ3v) is 3.27. The number of nitro benzene ring substituents is 1. The summed E-state index contributed by atoms with van der Waals surface area (Å²) in [6, 6.07) is 1.99. The van der Waals surface area contributed by atoms with E-state index in [1.54, 1.807) is 6.92 Å². The lowest BCUT2D eigenvalue weighted by atomic mass is 10.1. The van der Waals surface area contributed by atoms with Crippen molar-refractivity contribution in [2.24, 2.45) is 0 Å². The number of fused-ring (bicyclic) bond motifs is 1. The summed E-state index contributed by atoms with van der Waals surface area (Å²) in [4.78, 5) is 33.3. The van der Waals surface area contributed by atoms with Crippen molar-refractivity contribution in [1.29, 1.82) is 0 Å². The van der Waals surface area contributed by atoms with Crippen molar-refractivity contribution < 1.29 is 29.1 Å². The molecule has 1 amide bonds. The number of rotatable bonds is 6. The number of hydrogen-bond acceptors (Lipinski definition) is 6. The number of hydrogen-bond donors (Lipinski definition) is 2. The molecule has 0 aliphatic carbocycles. The number of ether oxygens (including phenoxy) is 2. The van der Waals surface area contributed by atoms with E-state index in [1.165, 1.54) is 6.07 Å². The van der Waals surface area contributed by atoms with E-state index in [0.29, 0.717) is 6.61 Å². The minimum absolute atomic E-state index is 0.106. The normalized spacial score (nSPS) is 14.0. The van der Waals surface area contributed by atoms with Crippen molar-refractivity contribution in [2.45, 2.75) is 25.8 Å². The molecule has 9 heteroatoms. The average molecular weight is 324 g/mol. The van der Waals surface area contributed by atoms with Gasteiger partial charge in [-0.05, 0) is 13.3 Å². The maximum Gasteiger partial charge on any atom is 0.303 e. The van der Waals surface area contributed by atoms with Gasteiger partial charge in [0, 0.05) is 18.5 Å². The first kappa shape index (κ1) is 16.5. The molecule has 2 N–H and O–H groups in total. The largest absolute Gasteiger partial charge is 0.486 e. The van der Waals surface area contributed by atoms with Gasteiger partial charge in [-0.3, -0.25) is 19.7 Å². The third kappa shape index (κ3) is 4.09. The molecule has 0 radical (unpaired) electrons. The minimum Gasteiger partial charge on any atom is -0.486 e. The van der Waals surface area contributed by atoms with Crippen LogP contribution in [0.25, 0.3) is 0 Å². The molecule has 1 aliphatic rings. The van der Waals surface area contributed by atoms with Gasteiger partial charge in [0.15, 0.2) is 11.5 Å². The van der Waals surface area contributed by atoms with E-state index >= 15 is 0 Å². The Morgan fingerprint density at radius 3 is 2.52 bits per heavy atom.